The van der Waals surface area contributed by atoms with Crippen LogP contribution in [-0.4, -0.2) is 55.8 Å². The number of carbonyl (C=O) groups is 1. The highest BCUT2D eigenvalue weighted by atomic mass is 32.2. The number of hydrogen-bond acceptors (Lipinski definition) is 4. The zero-order valence-electron chi connectivity index (χ0n) is 21.0. The van der Waals surface area contributed by atoms with Gasteiger partial charge in [0.25, 0.3) is 0 Å². The van der Waals surface area contributed by atoms with E-state index in [1.807, 2.05) is 54.7 Å². The summed E-state index contributed by atoms with van der Waals surface area (Å²) in [5, 5.41) is 13.4. The topological polar surface area (TPSA) is 144 Å². The Labute approximate surface area is 222 Å². The lowest BCUT2D eigenvalue weighted by Crippen LogP contribution is -2.51. The molecule has 2 atom stereocenters. The van der Waals surface area contributed by atoms with Gasteiger partial charge in [0.05, 0.1) is 4.90 Å². The number of nitrogens with one attached hydrogen (secondary N) is 4. The Morgan fingerprint density at radius 2 is 1.87 bits per heavy atom. The summed E-state index contributed by atoms with van der Waals surface area (Å²) >= 11 is 0. The number of nitrogens with two attached hydrogens (primary N) is 1. The number of para-hydroxylation sites is 1. The number of guanidine groups is 1. The maximum absolute atomic E-state index is 13.5. The average molecular weight is 533 g/mol. The van der Waals surface area contributed by atoms with Crippen molar-refractivity contribution in [1.82, 2.24) is 19.9 Å². The Kier molecular flexibility index (Phi) is 7.35. The first-order chi connectivity index (χ1) is 18.3. The largest absolute Gasteiger partial charge is 0.370 e. The highest BCUT2D eigenvalue weighted by Gasteiger charge is 2.28. The van der Waals surface area contributed by atoms with E-state index in [0.717, 1.165) is 46.6 Å². The van der Waals surface area contributed by atoms with Crippen molar-refractivity contribution in [2.75, 3.05) is 19.6 Å². The van der Waals surface area contributed by atoms with E-state index in [4.69, 9.17) is 11.1 Å². The van der Waals surface area contributed by atoms with E-state index in [1.165, 1.54) is 0 Å². The Morgan fingerprint density at radius 1 is 1.11 bits per heavy atom. The van der Waals surface area contributed by atoms with Gasteiger partial charge in [-0.25, -0.2) is 8.42 Å². The van der Waals surface area contributed by atoms with Crippen molar-refractivity contribution >= 4 is 43.6 Å². The lowest BCUT2D eigenvalue weighted by Gasteiger charge is -2.33. The molecule has 1 aliphatic heterocycles. The van der Waals surface area contributed by atoms with E-state index in [0.29, 0.717) is 13.1 Å². The second-order valence-corrected chi connectivity index (χ2v) is 11.5. The fourth-order valence-electron chi connectivity index (χ4n) is 5.12. The van der Waals surface area contributed by atoms with Gasteiger partial charge in [0.15, 0.2) is 5.96 Å². The fraction of sp³-hybridized carbons (Fsp3) is 0.286. The Morgan fingerprint density at radius 3 is 2.68 bits per heavy atom. The zero-order valence-corrected chi connectivity index (χ0v) is 21.8. The number of aromatic nitrogens is 1. The summed E-state index contributed by atoms with van der Waals surface area (Å²) < 4.78 is 29.6. The van der Waals surface area contributed by atoms with Crippen LogP contribution in [0.4, 0.5) is 0 Å². The van der Waals surface area contributed by atoms with Crippen molar-refractivity contribution in [1.29, 1.82) is 5.41 Å². The minimum atomic E-state index is -3.99. The summed E-state index contributed by atoms with van der Waals surface area (Å²) in [5.41, 5.74) is 7.43. The molecule has 4 aromatic rings. The molecule has 1 aromatic heterocycles. The third-order valence-corrected chi connectivity index (χ3v) is 8.64. The van der Waals surface area contributed by atoms with E-state index >= 15 is 0 Å². The Bertz CT molecular complexity index is 1580. The molecule has 0 spiro atoms. The molecule has 1 amide bonds. The number of piperidine rings is 1. The van der Waals surface area contributed by atoms with Crippen LogP contribution in [0.3, 0.4) is 0 Å². The van der Waals surface area contributed by atoms with Gasteiger partial charge < -0.3 is 20.9 Å². The summed E-state index contributed by atoms with van der Waals surface area (Å²) in [6, 6.07) is 19.2. The minimum absolute atomic E-state index is 0.0291. The average Bonchev–Trinajstić information content (AvgIpc) is 3.34. The fourth-order valence-corrected chi connectivity index (χ4v) is 6.35. The number of hydrogen-bond donors (Lipinski definition) is 5. The number of likely N-dealkylation sites (tertiary alicyclic amines) is 1. The summed E-state index contributed by atoms with van der Waals surface area (Å²) in [6.07, 6.45) is 3.79. The number of carbonyl (C=O) groups excluding carboxylic acids is 1. The van der Waals surface area contributed by atoms with Crippen molar-refractivity contribution in [2.24, 2.45) is 11.7 Å². The van der Waals surface area contributed by atoms with Crippen molar-refractivity contribution in [3.8, 4) is 0 Å². The van der Waals surface area contributed by atoms with E-state index in [-0.39, 0.29) is 29.1 Å². The van der Waals surface area contributed by atoms with E-state index < -0.39 is 16.1 Å². The first kappa shape index (κ1) is 25.7. The Balaban J connectivity index is 1.37. The zero-order chi connectivity index (χ0) is 26.7. The highest BCUT2D eigenvalue weighted by molar-refractivity contribution is 7.89. The second kappa shape index (κ2) is 10.8. The van der Waals surface area contributed by atoms with Crippen molar-refractivity contribution in [3.05, 3.63) is 78.5 Å². The first-order valence-electron chi connectivity index (χ1n) is 12.7. The lowest BCUT2D eigenvalue weighted by atomic mass is 9.98. The molecule has 3 aromatic carbocycles. The van der Waals surface area contributed by atoms with Gasteiger partial charge in [-0.1, -0.05) is 48.5 Å². The van der Waals surface area contributed by atoms with Crippen LogP contribution in [0, 0.1) is 11.3 Å². The number of sulfonamides is 1. The third kappa shape index (κ3) is 5.66. The smallest absolute Gasteiger partial charge is 0.241 e. The molecule has 1 saturated heterocycles. The molecule has 0 radical (unpaired) electrons. The van der Waals surface area contributed by atoms with Gasteiger partial charge in [-0.3, -0.25) is 10.2 Å². The van der Waals surface area contributed by atoms with Gasteiger partial charge in [0, 0.05) is 36.7 Å². The number of rotatable bonds is 8. The van der Waals surface area contributed by atoms with Gasteiger partial charge in [-0.15, -0.1) is 0 Å². The molecule has 2 heterocycles. The summed E-state index contributed by atoms with van der Waals surface area (Å²) in [4.78, 5) is 18.6. The number of fused-ring (bicyclic) bond motifs is 2. The molecule has 0 aliphatic carbocycles. The number of amides is 1. The van der Waals surface area contributed by atoms with Crippen LogP contribution in [0.1, 0.15) is 18.4 Å². The molecular formula is C28H32N6O3S. The van der Waals surface area contributed by atoms with Crippen LogP contribution in [0.5, 0.6) is 0 Å². The molecule has 6 N–H and O–H groups in total. The molecule has 1 aliphatic rings. The Hall–Kier alpha value is -3.89. The van der Waals surface area contributed by atoms with Crippen LogP contribution in [0.2, 0.25) is 0 Å². The number of aromatic amines is 1. The lowest BCUT2D eigenvalue weighted by molar-refractivity contribution is -0.122. The second-order valence-electron chi connectivity index (χ2n) is 9.83. The normalized spacial score (nSPS) is 16.9. The van der Waals surface area contributed by atoms with Gasteiger partial charge >= 0.3 is 0 Å². The van der Waals surface area contributed by atoms with Gasteiger partial charge in [0.1, 0.15) is 6.04 Å². The molecule has 5 rings (SSSR count). The summed E-state index contributed by atoms with van der Waals surface area (Å²) in [6.45, 7) is 1.70. The van der Waals surface area contributed by atoms with Crippen LogP contribution in [0.15, 0.2) is 77.8 Å². The van der Waals surface area contributed by atoms with Crippen LogP contribution < -0.4 is 15.8 Å². The molecular weight excluding hydrogens is 500 g/mol. The maximum Gasteiger partial charge on any atom is 0.241 e. The van der Waals surface area contributed by atoms with E-state index in [9.17, 15) is 13.2 Å². The first-order valence-corrected chi connectivity index (χ1v) is 14.2. The summed E-state index contributed by atoms with van der Waals surface area (Å²) in [7, 11) is -3.99. The number of H-pyrrole nitrogens is 1. The van der Waals surface area contributed by atoms with Crippen molar-refractivity contribution in [3.63, 3.8) is 0 Å². The predicted octanol–water partition coefficient (Wildman–Crippen LogP) is 2.93. The molecule has 198 valence electrons. The van der Waals surface area contributed by atoms with Gasteiger partial charge in [0.2, 0.25) is 15.9 Å². The van der Waals surface area contributed by atoms with E-state index in [2.05, 4.69) is 15.0 Å². The van der Waals surface area contributed by atoms with Crippen LogP contribution in [-0.2, 0) is 21.2 Å². The van der Waals surface area contributed by atoms with E-state index in [1.54, 1.807) is 23.1 Å². The molecule has 10 heteroatoms. The van der Waals surface area contributed by atoms with Crippen LogP contribution in [0.25, 0.3) is 21.7 Å². The molecule has 0 unspecified atom stereocenters. The minimum Gasteiger partial charge on any atom is -0.370 e. The number of nitrogens with zero attached hydrogens (tertiary/aromatic N) is 1. The number of benzene rings is 3. The molecule has 1 fully saturated rings. The van der Waals surface area contributed by atoms with Gasteiger partial charge in [-0.2, -0.15) is 4.72 Å². The van der Waals surface area contributed by atoms with Crippen molar-refractivity contribution < 1.29 is 13.2 Å². The quantitative estimate of drug-likeness (QED) is 0.175. The highest BCUT2D eigenvalue weighted by Crippen LogP contribution is 2.22. The predicted molar refractivity (Wildman–Crippen MR) is 149 cm³/mol. The molecule has 0 saturated carbocycles. The third-order valence-electron chi connectivity index (χ3n) is 7.17. The standard InChI is InChI=1S/C28H32N6O3S/c29-28(30)34-13-5-6-19(18-34)16-32-27(35)26(15-22-17-31-25-10-4-3-9-24(22)25)33-38(36,37)23-12-11-20-7-1-2-8-21(20)14-23/h1-4,7-12,14,17,19,26,31,33H,5-6,13,15-16,18H2,(H3,29,30)(H,32,35)/t19-,26-/m1/s1. The monoisotopic (exact) mass is 532 g/mol. The van der Waals surface area contributed by atoms with Crippen molar-refractivity contribution in [2.45, 2.75) is 30.2 Å². The maximum atomic E-state index is 13.5. The van der Waals surface area contributed by atoms with Gasteiger partial charge in [-0.05, 0) is 59.7 Å². The molecule has 38 heavy (non-hydrogen) atoms. The molecule has 9 nitrogen and oxygen atoms in total. The SMILES string of the molecule is N=C(N)N1CCC[C@H](CNC(=O)[C@@H](Cc2c[nH]c3ccccc23)NS(=O)(=O)c2ccc3ccccc3c2)C1. The van der Waals surface area contributed by atoms with Crippen LogP contribution >= 0.6 is 0 Å². The molecule has 0 bridgehead atoms. The summed E-state index contributed by atoms with van der Waals surface area (Å²) in [5.74, 6) is -0.233.